The second-order valence-electron chi connectivity index (χ2n) is 11.1. The standard InChI is InChI=1S/C27H37ClO5/c1-6-7-24(31)32-18-8-11-25(4)20-9-12-26(5)21(19(20)15-23(28)22(25)14-18)10-13-27(26,16(2)29)33-17(3)30/h14-15,18-21H,6-13H2,1-5H3/t18?,19?,20?,21?,25-,26+,27+/m1/s1. The quantitative estimate of drug-likeness (QED) is 0.462. The number of Topliss-reactive ketones (excluding diaryl/α,β-unsaturated/α-hetero) is 1. The molecule has 0 saturated heterocycles. The fourth-order valence-corrected chi connectivity index (χ4v) is 8.22. The molecule has 4 aliphatic carbocycles. The van der Waals surface area contributed by atoms with E-state index in [4.69, 9.17) is 21.1 Å². The average molecular weight is 477 g/mol. The summed E-state index contributed by atoms with van der Waals surface area (Å²) < 4.78 is 11.5. The Bertz CT molecular complexity index is 921. The predicted molar refractivity (Wildman–Crippen MR) is 126 cm³/mol. The minimum Gasteiger partial charge on any atom is -0.458 e. The lowest BCUT2D eigenvalue weighted by Crippen LogP contribution is -2.58. The van der Waals surface area contributed by atoms with E-state index in [1.165, 1.54) is 6.92 Å². The number of hydrogen-bond donors (Lipinski definition) is 0. The average Bonchev–Trinajstić information content (AvgIpc) is 3.02. The minimum absolute atomic E-state index is 0.0479. The third kappa shape index (κ3) is 3.69. The number of esters is 2. The molecule has 2 fully saturated rings. The molecule has 4 aliphatic rings. The Kier molecular flexibility index (Phi) is 6.35. The number of ketones is 1. The van der Waals surface area contributed by atoms with Gasteiger partial charge in [0.15, 0.2) is 11.4 Å². The Morgan fingerprint density at radius 3 is 2.36 bits per heavy atom. The van der Waals surface area contributed by atoms with Crippen LogP contribution in [0.5, 0.6) is 0 Å². The lowest BCUT2D eigenvalue weighted by molar-refractivity contribution is -0.185. The predicted octanol–water partition coefficient (Wildman–Crippen LogP) is 5.89. The third-order valence-electron chi connectivity index (χ3n) is 9.41. The van der Waals surface area contributed by atoms with Crippen molar-refractivity contribution in [1.29, 1.82) is 0 Å². The molecule has 0 aliphatic heterocycles. The van der Waals surface area contributed by atoms with Crippen LogP contribution in [0.1, 0.15) is 86.0 Å². The molecule has 2 saturated carbocycles. The van der Waals surface area contributed by atoms with Gasteiger partial charge in [-0.2, -0.15) is 0 Å². The number of hydrogen-bond acceptors (Lipinski definition) is 5. The molecule has 33 heavy (non-hydrogen) atoms. The first-order valence-corrected chi connectivity index (χ1v) is 12.9. The van der Waals surface area contributed by atoms with Crippen molar-refractivity contribution in [3.63, 3.8) is 0 Å². The molecule has 5 nitrogen and oxygen atoms in total. The summed E-state index contributed by atoms with van der Waals surface area (Å²) in [4.78, 5) is 36.9. The number of allylic oxidation sites excluding steroid dienone is 3. The number of halogens is 1. The van der Waals surface area contributed by atoms with Crippen LogP contribution in [0.4, 0.5) is 0 Å². The van der Waals surface area contributed by atoms with Gasteiger partial charge in [-0.25, -0.2) is 0 Å². The topological polar surface area (TPSA) is 69.7 Å². The van der Waals surface area contributed by atoms with Crippen LogP contribution in [0.25, 0.3) is 0 Å². The summed E-state index contributed by atoms with van der Waals surface area (Å²) >= 11 is 6.92. The first-order valence-electron chi connectivity index (χ1n) is 12.5. The molecule has 0 bridgehead atoms. The highest BCUT2D eigenvalue weighted by Gasteiger charge is 2.67. The molecule has 0 heterocycles. The zero-order valence-electron chi connectivity index (χ0n) is 20.5. The Morgan fingerprint density at radius 1 is 1.03 bits per heavy atom. The van der Waals surface area contributed by atoms with Crippen molar-refractivity contribution in [2.24, 2.45) is 28.6 Å². The summed E-state index contributed by atoms with van der Waals surface area (Å²) in [5.41, 5.74) is -0.430. The van der Waals surface area contributed by atoms with Crippen LogP contribution in [-0.2, 0) is 23.9 Å². The molecular formula is C27H37ClO5. The van der Waals surface area contributed by atoms with E-state index in [-0.39, 0.29) is 41.1 Å². The van der Waals surface area contributed by atoms with Crippen LogP contribution in [-0.4, -0.2) is 29.4 Å². The maximum atomic E-state index is 12.9. The fourth-order valence-electron chi connectivity index (χ4n) is 7.79. The summed E-state index contributed by atoms with van der Waals surface area (Å²) in [5, 5.41) is 0.743. The summed E-state index contributed by atoms with van der Waals surface area (Å²) in [6, 6.07) is 0. The highest BCUT2D eigenvalue weighted by Crippen LogP contribution is 2.68. The highest BCUT2D eigenvalue weighted by atomic mass is 35.5. The Labute approximate surface area is 202 Å². The van der Waals surface area contributed by atoms with Crippen LogP contribution in [0.3, 0.4) is 0 Å². The summed E-state index contributed by atoms with van der Waals surface area (Å²) in [5.74, 6) is 0.271. The van der Waals surface area contributed by atoms with E-state index < -0.39 is 11.0 Å². The van der Waals surface area contributed by atoms with E-state index >= 15 is 0 Å². The number of fused-ring (bicyclic) bond motifs is 5. The van der Waals surface area contributed by atoms with Crippen molar-refractivity contribution < 1.29 is 23.9 Å². The lowest BCUT2D eigenvalue weighted by Gasteiger charge is -2.58. The number of rotatable bonds is 5. The molecule has 0 aromatic carbocycles. The summed E-state index contributed by atoms with van der Waals surface area (Å²) in [7, 11) is 0. The van der Waals surface area contributed by atoms with Gasteiger partial charge in [-0.1, -0.05) is 38.4 Å². The van der Waals surface area contributed by atoms with Crippen LogP contribution in [0.15, 0.2) is 22.8 Å². The summed E-state index contributed by atoms with van der Waals surface area (Å²) in [6.07, 6.45) is 10.2. The van der Waals surface area contributed by atoms with Gasteiger partial charge >= 0.3 is 11.9 Å². The van der Waals surface area contributed by atoms with Gasteiger partial charge in [-0.05, 0) is 86.7 Å². The molecule has 0 aromatic heterocycles. The first kappa shape index (κ1) is 24.5. The molecule has 0 amide bonds. The maximum absolute atomic E-state index is 12.9. The molecule has 4 rings (SSSR count). The van der Waals surface area contributed by atoms with Gasteiger partial charge in [0.05, 0.1) is 0 Å². The van der Waals surface area contributed by atoms with Crippen LogP contribution in [0.2, 0.25) is 0 Å². The largest absolute Gasteiger partial charge is 0.458 e. The van der Waals surface area contributed by atoms with Crippen molar-refractivity contribution in [3.05, 3.63) is 22.8 Å². The number of carbonyl (C=O) groups is 3. The molecule has 0 N–H and O–H groups in total. The van der Waals surface area contributed by atoms with Crippen LogP contribution < -0.4 is 0 Å². The normalized spacial score (nSPS) is 41.6. The molecule has 0 radical (unpaired) electrons. The first-order chi connectivity index (χ1) is 15.5. The van der Waals surface area contributed by atoms with Gasteiger partial charge < -0.3 is 9.47 Å². The van der Waals surface area contributed by atoms with Crippen molar-refractivity contribution >= 4 is 29.3 Å². The third-order valence-corrected chi connectivity index (χ3v) is 9.74. The Hall–Kier alpha value is -1.62. The van der Waals surface area contributed by atoms with E-state index in [0.717, 1.165) is 49.1 Å². The van der Waals surface area contributed by atoms with Crippen molar-refractivity contribution in [2.45, 2.75) is 97.7 Å². The van der Waals surface area contributed by atoms with E-state index in [2.05, 4.69) is 26.0 Å². The lowest BCUT2D eigenvalue weighted by atomic mass is 9.48. The molecule has 0 spiro atoms. The highest BCUT2D eigenvalue weighted by molar-refractivity contribution is 6.32. The molecule has 4 unspecified atom stereocenters. The van der Waals surface area contributed by atoms with Crippen molar-refractivity contribution in [3.8, 4) is 0 Å². The second kappa shape index (κ2) is 8.55. The zero-order valence-corrected chi connectivity index (χ0v) is 21.3. The van der Waals surface area contributed by atoms with Crippen molar-refractivity contribution in [2.75, 3.05) is 0 Å². The zero-order chi connectivity index (χ0) is 24.2. The van der Waals surface area contributed by atoms with Gasteiger partial charge in [-0.15, -0.1) is 0 Å². The van der Waals surface area contributed by atoms with E-state index in [9.17, 15) is 14.4 Å². The maximum Gasteiger partial charge on any atom is 0.306 e. The monoisotopic (exact) mass is 476 g/mol. The van der Waals surface area contributed by atoms with E-state index in [0.29, 0.717) is 18.8 Å². The van der Waals surface area contributed by atoms with Crippen molar-refractivity contribution in [1.82, 2.24) is 0 Å². The Balaban J connectivity index is 1.68. The molecule has 0 aromatic rings. The van der Waals surface area contributed by atoms with Gasteiger partial charge in [-0.3, -0.25) is 14.4 Å². The minimum atomic E-state index is -1.04. The molecule has 182 valence electrons. The molecular weight excluding hydrogens is 440 g/mol. The van der Waals surface area contributed by atoms with E-state index in [1.54, 1.807) is 6.92 Å². The fraction of sp³-hybridized carbons (Fsp3) is 0.741. The van der Waals surface area contributed by atoms with Crippen LogP contribution in [0, 0.1) is 28.6 Å². The molecule has 7 atom stereocenters. The van der Waals surface area contributed by atoms with Crippen LogP contribution >= 0.6 is 11.6 Å². The summed E-state index contributed by atoms with van der Waals surface area (Å²) in [6.45, 7) is 9.38. The van der Waals surface area contributed by atoms with Gasteiger partial charge in [0.25, 0.3) is 0 Å². The molecule has 6 heteroatoms. The van der Waals surface area contributed by atoms with Gasteiger partial charge in [0.2, 0.25) is 0 Å². The second-order valence-corrected chi connectivity index (χ2v) is 11.5. The smallest absolute Gasteiger partial charge is 0.306 e. The number of carbonyl (C=O) groups excluding carboxylic acids is 3. The van der Waals surface area contributed by atoms with Gasteiger partial charge in [0, 0.05) is 23.8 Å². The SMILES string of the molecule is CCCC(=O)OC1C=C2C(Cl)=CC3C(CC[C@@]4(C)C3CC[C@]4(OC(C)=O)C(C)=O)[C@@]2(C)CC1. The van der Waals surface area contributed by atoms with Gasteiger partial charge in [0.1, 0.15) is 6.10 Å². The Morgan fingerprint density at radius 2 is 1.73 bits per heavy atom. The van der Waals surface area contributed by atoms with E-state index in [1.807, 2.05) is 6.92 Å². The number of ether oxygens (including phenoxy) is 2.